The summed E-state index contributed by atoms with van der Waals surface area (Å²) in [6, 6.07) is 57.3. The molecule has 0 spiro atoms. The number of hydrogen-bond donors (Lipinski definition) is 0. The van der Waals surface area contributed by atoms with Gasteiger partial charge in [0.05, 0.1) is 0 Å². The summed E-state index contributed by atoms with van der Waals surface area (Å²) >= 11 is 0. The molecule has 0 unspecified atom stereocenters. The largest absolute Gasteiger partial charge is 2.00 e. The average molecular weight is 1200 g/mol. The maximum absolute atomic E-state index is 6.53. The molecule has 10 rings (SSSR count). The van der Waals surface area contributed by atoms with Gasteiger partial charge in [0, 0.05) is 47.8 Å². The Hall–Kier alpha value is -6.55. The van der Waals surface area contributed by atoms with E-state index >= 15 is 0 Å². The zero-order valence-corrected chi connectivity index (χ0v) is 44.8. The summed E-state index contributed by atoms with van der Waals surface area (Å²) in [7, 11) is 0. The van der Waals surface area contributed by atoms with E-state index in [1.807, 2.05) is 77.6 Å². The maximum atomic E-state index is 6.53. The maximum Gasteiger partial charge on any atom is 2.00 e. The van der Waals surface area contributed by atoms with E-state index in [1.165, 1.54) is 33.4 Å². The number of nitrogens with zero attached hydrogens (tertiary/aromatic N) is 5. The van der Waals surface area contributed by atoms with Gasteiger partial charge in [-0.3, -0.25) is 0 Å². The number of rotatable bonds is 13. The molecule has 10 aromatic rings. The van der Waals surface area contributed by atoms with E-state index < -0.39 is 0 Å². The van der Waals surface area contributed by atoms with Crippen LogP contribution in [0, 0.1) is 24.3 Å². The van der Waals surface area contributed by atoms with Gasteiger partial charge < -0.3 is 24.0 Å². The molecule has 0 aliphatic carbocycles. The average Bonchev–Trinajstić information content (AvgIpc) is 3.69. The number of pyridine rings is 2. The molecule has 0 saturated heterocycles. The number of aromatic nitrogens is 5. The van der Waals surface area contributed by atoms with Crippen molar-refractivity contribution in [2.75, 3.05) is 0 Å². The van der Waals surface area contributed by atoms with Gasteiger partial charge >= 0.3 is 41.5 Å². The quantitative estimate of drug-likeness (QED) is 0.0846. The summed E-state index contributed by atoms with van der Waals surface area (Å²) in [5.74, 6) is 4.08. The van der Waals surface area contributed by atoms with Crippen LogP contribution in [0.4, 0.5) is 0 Å². The number of ether oxygens (including phenoxy) is 2. The van der Waals surface area contributed by atoms with Crippen molar-refractivity contribution in [2.24, 2.45) is 0 Å². The normalized spacial score (nSPS) is 11.4. The van der Waals surface area contributed by atoms with Gasteiger partial charge in [-0.25, -0.2) is 9.97 Å². The summed E-state index contributed by atoms with van der Waals surface area (Å²) in [6.45, 7) is 18.0. The summed E-state index contributed by atoms with van der Waals surface area (Å²) in [4.78, 5) is 18.9. The Balaban J connectivity index is 0.00000338. The minimum Gasteiger partial charge on any atom is -0.503 e. The molecule has 71 heavy (non-hydrogen) atoms. The van der Waals surface area contributed by atoms with Gasteiger partial charge in [0.1, 0.15) is 0 Å². The second-order valence-corrected chi connectivity index (χ2v) is 18.7. The molecule has 0 aliphatic rings. The molecular weight excluding hydrogens is 1150 g/mol. The predicted octanol–water partition coefficient (Wildman–Crippen LogP) is 16.3. The van der Waals surface area contributed by atoms with Gasteiger partial charge in [0.15, 0.2) is 0 Å². The minimum atomic E-state index is 0. The second kappa shape index (κ2) is 21.8. The molecule has 4 heterocycles. The van der Waals surface area contributed by atoms with Gasteiger partial charge in [-0.1, -0.05) is 127 Å². The Kier molecular flexibility index (Phi) is 15.6. The predicted molar refractivity (Wildman–Crippen MR) is 278 cm³/mol. The third kappa shape index (κ3) is 10.4. The van der Waals surface area contributed by atoms with Gasteiger partial charge in [0.25, 0.3) is 0 Å². The van der Waals surface area contributed by atoms with Crippen molar-refractivity contribution in [3.05, 3.63) is 199 Å². The van der Waals surface area contributed by atoms with Gasteiger partial charge in [0.2, 0.25) is 5.95 Å². The summed E-state index contributed by atoms with van der Waals surface area (Å²) in [5, 5.41) is 1.88. The van der Waals surface area contributed by atoms with Crippen molar-refractivity contribution in [2.45, 2.75) is 79.1 Å². The van der Waals surface area contributed by atoms with E-state index in [-0.39, 0.29) is 41.5 Å². The molecule has 0 atom stereocenters. The molecule has 9 heteroatoms. The molecule has 6 aromatic carbocycles. The van der Waals surface area contributed by atoms with E-state index in [9.17, 15) is 0 Å². The summed E-state index contributed by atoms with van der Waals surface area (Å²) in [6.07, 6.45) is 7.22. The van der Waals surface area contributed by atoms with Gasteiger partial charge in [-0.05, 0) is 97.8 Å². The van der Waals surface area contributed by atoms with Crippen LogP contribution in [0.3, 0.4) is 0 Å². The van der Waals surface area contributed by atoms with Crippen molar-refractivity contribution in [3.8, 4) is 73.7 Å². The standard InChI is InChI=1S/C62H53N5O2.Pd.Pt/c1-38(2)50-18-11-19-51(39(3)4)60(50)44-26-30-63-56(34-44)42-14-9-16-46(32-42)68-48-22-24-54-55-25-23-49(37-59(55)67(58(54)36-48)62-65-28-13-29-66-62)69-47-17-10-15-43(33-47)57-35-45(27-31-64-57)61-52(40(5)6)20-12-21-53(61)41(7)8;;/h9-31,34-35,38-41H,1-8H3;;/q-4;2*+2. The fourth-order valence-electron chi connectivity index (χ4n) is 9.34. The van der Waals surface area contributed by atoms with Crippen LogP contribution in [0.2, 0.25) is 0 Å². The van der Waals surface area contributed by atoms with Crippen molar-refractivity contribution in [1.82, 2.24) is 24.5 Å². The Morgan fingerprint density at radius 2 is 0.789 bits per heavy atom. The Bertz CT molecular complexity index is 3230. The smallest absolute Gasteiger partial charge is 0.503 e. The first-order valence-electron chi connectivity index (χ1n) is 23.8. The summed E-state index contributed by atoms with van der Waals surface area (Å²) in [5.41, 5.74) is 14.9. The number of hydrogen-bond acceptors (Lipinski definition) is 6. The van der Waals surface area contributed by atoms with Crippen LogP contribution < -0.4 is 9.47 Å². The molecule has 358 valence electrons. The van der Waals surface area contributed by atoms with Crippen molar-refractivity contribution < 1.29 is 51.0 Å². The number of fused-ring (bicyclic) bond motifs is 3. The fourth-order valence-corrected chi connectivity index (χ4v) is 9.34. The third-order valence-electron chi connectivity index (χ3n) is 12.7. The first kappa shape index (κ1) is 50.8. The van der Waals surface area contributed by atoms with E-state index in [0.29, 0.717) is 52.6 Å². The van der Waals surface area contributed by atoms with E-state index in [2.05, 4.69) is 150 Å². The SMILES string of the molecule is CC(C)c1cccc(C(C)C)c1-c1ccnc(-c2[c-]c(Oc3[c-]c4c(cc3)c3ccc(Oc5[c-]c(-c6cc(-c7c(C(C)C)cccc7C(C)C)ccn6)ccc5)[c-]c3n4-c3ncccn3)ccc2)c1.[Pd+2].[Pt+2]. The molecule has 0 radical (unpaired) electrons. The molecule has 0 aliphatic heterocycles. The van der Waals surface area contributed by atoms with E-state index in [1.54, 1.807) is 18.5 Å². The van der Waals surface area contributed by atoms with Crippen LogP contribution in [0.15, 0.2) is 152 Å². The van der Waals surface area contributed by atoms with Gasteiger partial charge in [-0.15, -0.1) is 71.8 Å². The van der Waals surface area contributed by atoms with Crippen LogP contribution in [-0.4, -0.2) is 24.5 Å². The van der Waals surface area contributed by atoms with Crippen LogP contribution in [0.1, 0.15) is 101 Å². The molecule has 0 amide bonds. The number of benzene rings is 6. The monoisotopic (exact) mass is 1200 g/mol. The van der Waals surface area contributed by atoms with E-state index in [4.69, 9.17) is 19.4 Å². The molecule has 7 nitrogen and oxygen atoms in total. The molecule has 0 bridgehead atoms. The topological polar surface area (TPSA) is 75.0 Å². The Morgan fingerprint density at radius 1 is 0.408 bits per heavy atom. The Morgan fingerprint density at radius 3 is 1.18 bits per heavy atom. The zero-order chi connectivity index (χ0) is 47.8. The Labute approximate surface area is 445 Å². The second-order valence-electron chi connectivity index (χ2n) is 18.7. The van der Waals surface area contributed by atoms with Gasteiger partial charge in [-0.2, -0.15) is 22.9 Å². The van der Waals surface area contributed by atoms with Crippen LogP contribution in [0.25, 0.3) is 72.5 Å². The molecular formula is C62H53N5O2PdPt. The first-order chi connectivity index (χ1) is 33.5. The molecule has 4 aromatic heterocycles. The third-order valence-corrected chi connectivity index (χ3v) is 12.7. The zero-order valence-electron chi connectivity index (χ0n) is 40.9. The molecule has 0 fully saturated rings. The van der Waals surface area contributed by atoms with Crippen LogP contribution in [0.5, 0.6) is 23.0 Å². The minimum absolute atomic E-state index is 0. The van der Waals surface area contributed by atoms with Crippen molar-refractivity contribution in [1.29, 1.82) is 0 Å². The van der Waals surface area contributed by atoms with Crippen molar-refractivity contribution >= 4 is 21.8 Å². The van der Waals surface area contributed by atoms with Crippen LogP contribution in [-0.2, 0) is 41.5 Å². The summed E-state index contributed by atoms with van der Waals surface area (Å²) < 4.78 is 15.0. The van der Waals surface area contributed by atoms with E-state index in [0.717, 1.165) is 55.4 Å². The van der Waals surface area contributed by atoms with Crippen molar-refractivity contribution in [3.63, 3.8) is 0 Å². The molecule has 0 saturated carbocycles. The fraction of sp³-hybridized carbons (Fsp3) is 0.194. The molecule has 0 N–H and O–H groups in total. The first-order valence-corrected chi connectivity index (χ1v) is 23.8. The van der Waals surface area contributed by atoms with Crippen LogP contribution >= 0.6 is 0 Å².